The van der Waals surface area contributed by atoms with Gasteiger partial charge in [-0.25, -0.2) is 23.1 Å². The van der Waals surface area contributed by atoms with E-state index in [1.165, 1.54) is 16.8 Å². The van der Waals surface area contributed by atoms with Crippen LogP contribution in [0.3, 0.4) is 0 Å². The van der Waals surface area contributed by atoms with Gasteiger partial charge in [0.05, 0.1) is 15.1 Å². The first-order valence-electron chi connectivity index (χ1n) is 10.5. The smallest absolute Gasteiger partial charge is 0.348 e. The fraction of sp³-hybridized carbons (Fsp3) is 0.318. The molecule has 1 aliphatic heterocycles. The monoisotopic (exact) mass is 507 g/mol. The number of sulfone groups is 1. The maximum atomic E-state index is 13.5. The average Bonchev–Trinajstić information content (AvgIpc) is 3.44. The molecule has 7 nitrogen and oxygen atoms in total. The molecule has 178 valence electrons. The number of rotatable bonds is 4. The second-order valence-electron chi connectivity index (χ2n) is 8.21. The molecule has 1 aliphatic rings. The molecule has 0 spiro atoms. The Balaban J connectivity index is 1.42. The van der Waals surface area contributed by atoms with Crippen molar-refractivity contribution in [2.45, 2.75) is 29.8 Å². The number of anilines is 1. The van der Waals surface area contributed by atoms with Crippen molar-refractivity contribution in [2.24, 2.45) is 0 Å². The summed E-state index contributed by atoms with van der Waals surface area (Å²) in [6, 6.07) is 11.7. The van der Waals surface area contributed by atoms with Gasteiger partial charge in [0.2, 0.25) is 0 Å². The number of piperidine rings is 1. The molecule has 0 amide bonds. The van der Waals surface area contributed by atoms with Crippen molar-refractivity contribution in [3.8, 4) is 5.82 Å². The molecule has 34 heavy (non-hydrogen) atoms. The van der Waals surface area contributed by atoms with E-state index in [-0.39, 0.29) is 16.6 Å². The Kier molecular flexibility index (Phi) is 5.59. The van der Waals surface area contributed by atoms with Gasteiger partial charge < -0.3 is 4.90 Å². The number of hydrogen-bond donors (Lipinski definition) is 0. The summed E-state index contributed by atoms with van der Waals surface area (Å²) >= 11 is 1.60. The first-order valence-corrected chi connectivity index (χ1v) is 13.2. The van der Waals surface area contributed by atoms with Crippen LogP contribution in [0.15, 0.2) is 53.6 Å². The minimum absolute atomic E-state index is 0.00913. The molecule has 0 saturated carbocycles. The second kappa shape index (κ2) is 8.35. The summed E-state index contributed by atoms with van der Waals surface area (Å²) in [6.07, 6.45) is -1.17. The molecule has 5 rings (SSSR count). The van der Waals surface area contributed by atoms with Crippen LogP contribution in [0.25, 0.3) is 16.0 Å². The first kappa shape index (κ1) is 22.8. The molecule has 0 N–H and O–H groups in total. The van der Waals surface area contributed by atoms with Gasteiger partial charge in [0.15, 0.2) is 26.5 Å². The molecule has 12 heteroatoms. The number of alkyl halides is 3. The number of halogens is 3. The molecular weight excluding hydrogens is 487 g/mol. The number of thiazole rings is 1. The Labute approximate surface area is 197 Å². The Morgan fingerprint density at radius 2 is 1.82 bits per heavy atom. The van der Waals surface area contributed by atoms with Crippen LogP contribution in [0.5, 0.6) is 0 Å². The van der Waals surface area contributed by atoms with E-state index < -0.39 is 21.7 Å². The van der Waals surface area contributed by atoms with E-state index in [1.807, 2.05) is 24.3 Å². The largest absolute Gasteiger partial charge is 0.435 e. The van der Waals surface area contributed by atoms with E-state index in [0.29, 0.717) is 31.6 Å². The van der Waals surface area contributed by atoms with Crippen LogP contribution in [0, 0.1) is 0 Å². The standard InChI is InChI=1S/C22H20F3N5O2S2/c1-34(31,32)15-6-7-20(26-13-15)30-17(12-19(28-30)22(23,24)25)14-8-10-29(11-9-14)21-27-16-4-2-3-5-18(16)33-21/h2-7,12-14H,8-11H2,1H3. The lowest BCUT2D eigenvalue weighted by Gasteiger charge is -2.31. The molecule has 0 aliphatic carbocycles. The number of para-hydroxylation sites is 1. The lowest BCUT2D eigenvalue weighted by atomic mass is 9.93. The second-order valence-corrected chi connectivity index (χ2v) is 11.2. The third-order valence-corrected chi connectivity index (χ3v) is 8.05. The first-order chi connectivity index (χ1) is 16.1. The predicted octanol–water partition coefficient (Wildman–Crippen LogP) is 4.68. The molecule has 0 radical (unpaired) electrons. The van der Waals surface area contributed by atoms with E-state index in [9.17, 15) is 21.6 Å². The zero-order valence-corrected chi connectivity index (χ0v) is 19.7. The summed E-state index contributed by atoms with van der Waals surface area (Å²) in [5.41, 5.74) is 0.349. The van der Waals surface area contributed by atoms with Gasteiger partial charge in [-0.15, -0.1) is 0 Å². The van der Waals surface area contributed by atoms with Gasteiger partial charge in [0.25, 0.3) is 0 Å². The molecular formula is C22H20F3N5O2S2. The molecule has 1 saturated heterocycles. The van der Waals surface area contributed by atoms with Crippen LogP contribution >= 0.6 is 11.3 Å². The summed E-state index contributed by atoms with van der Waals surface area (Å²) in [7, 11) is -3.48. The van der Waals surface area contributed by atoms with Crippen molar-refractivity contribution in [2.75, 3.05) is 24.2 Å². The summed E-state index contributed by atoms with van der Waals surface area (Å²) in [5, 5.41) is 4.69. The Hall–Kier alpha value is -2.99. The van der Waals surface area contributed by atoms with Gasteiger partial charge in [0.1, 0.15) is 0 Å². The SMILES string of the molecule is CS(=O)(=O)c1ccc(-n2nc(C(F)(F)F)cc2C2CCN(c3nc4ccccc4s3)CC2)nc1. The fourth-order valence-electron chi connectivity index (χ4n) is 4.09. The van der Waals surface area contributed by atoms with Crippen LogP contribution < -0.4 is 4.90 Å². The van der Waals surface area contributed by atoms with Crippen molar-refractivity contribution in [1.29, 1.82) is 0 Å². The quantitative estimate of drug-likeness (QED) is 0.399. The molecule has 1 fully saturated rings. The molecule has 0 atom stereocenters. The topological polar surface area (TPSA) is 81.0 Å². The van der Waals surface area contributed by atoms with E-state index in [2.05, 4.69) is 20.0 Å². The molecule has 0 unspecified atom stereocenters. The highest BCUT2D eigenvalue weighted by atomic mass is 32.2. The van der Waals surface area contributed by atoms with Crippen LogP contribution in [-0.2, 0) is 16.0 Å². The normalized spacial score (nSPS) is 15.8. The summed E-state index contributed by atoms with van der Waals surface area (Å²) in [6.45, 7) is 1.30. The number of pyridine rings is 1. The average molecular weight is 508 g/mol. The summed E-state index contributed by atoms with van der Waals surface area (Å²) in [4.78, 5) is 10.9. The van der Waals surface area contributed by atoms with Crippen LogP contribution in [0.1, 0.15) is 30.1 Å². The number of aromatic nitrogens is 4. The third kappa shape index (κ3) is 4.39. The van der Waals surface area contributed by atoms with Crippen molar-refractivity contribution < 1.29 is 21.6 Å². The Morgan fingerprint density at radius 3 is 2.44 bits per heavy atom. The molecule has 4 heterocycles. The lowest BCUT2D eigenvalue weighted by molar-refractivity contribution is -0.141. The number of fused-ring (bicyclic) bond motifs is 1. The van der Waals surface area contributed by atoms with Crippen molar-refractivity contribution >= 4 is 36.5 Å². The maximum Gasteiger partial charge on any atom is 0.435 e. The highest BCUT2D eigenvalue weighted by Crippen LogP contribution is 2.37. The van der Waals surface area contributed by atoms with E-state index in [4.69, 9.17) is 0 Å². The fourth-order valence-corrected chi connectivity index (χ4v) is 5.66. The van der Waals surface area contributed by atoms with E-state index >= 15 is 0 Å². The van der Waals surface area contributed by atoms with Crippen molar-refractivity contribution in [1.82, 2.24) is 19.7 Å². The van der Waals surface area contributed by atoms with Gasteiger partial charge in [-0.05, 0) is 43.2 Å². The van der Waals surface area contributed by atoms with Crippen LogP contribution in [0.4, 0.5) is 18.3 Å². The third-order valence-electron chi connectivity index (χ3n) is 5.86. The Bertz CT molecular complexity index is 1400. The van der Waals surface area contributed by atoms with Crippen molar-refractivity contribution in [3.05, 3.63) is 60.0 Å². The minimum Gasteiger partial charge on any atom is -0.348 e. The highest BCUT2D eigenvalue weighted by Gasteiger charge is 2.37. The van der Waals surface area contributed by atoms with Crippen molar-refractivity contribution in [3.63, 3.8) is 0 Å². The molecule has 3 aromatic heterocycles. The minimum atomic E-state index is -4.60. The summed E-state index contributed by atoms with van der Waals surface area (Å²) in [5.74, 6) is -0.0166. The van der Waals surface area contributed by atoms with Gasteiger partial charge in [-0.3, -0.25) is 0 Å². The molecule has 0 bridgehead atoms. The van der Waals surface area contributed by atoms with Crippen LogP contribution in [-0.4, -0.2) is 47.5 Å². The van der Waals surface area contributed by atoms with E-state index in [1.54, 1.807) is 11.3 Å². The Morgan fingerprint density at radius 1 is 1.09 bits per heavy atom. The van der Waals surface area contributed by atoms with Gasteiger partial charge >= 0.3 is 6.18 Å². The van der Waals surface area contributed by atoms with Crippen LogP contribution in [0.2, 0.25) is 0 Å². The van der Waals surface area contributed by atoms with Gasteiger partial charge in [0, 0.05) is 37.2 Å². The van der Waals surface area contributed by atoms with Gasteiger partial charge in [-0.1, -0.05) is 23.5 Å². The summed E-state index contributed by atoms with van der Waals surface area (Å²) < 4.78 is 66.1. The maximum absolute atomic E-state index is 13.5. The number of hydrogen-bond acceptors (Lipinski definition) is 7. The number of nitrogens with zero attached hydrogens (tertiary/aromatic N) is 5. The van der Waals surface area contributed by atoms with Gasteiger partial charge in [-0.2, -0.15) is 18.3 Å². The molecule has 4 aromatic rings. The molecule has 1 aromatic carbocycles. The zero-order chi connectivity index (χ0) is 24.1. The zero-order valence-electron chi connectivity index (χ0n) is 18.0. The van der Waals surface area contributed by atoms with E-state index in [0.717, 1.165) is 33.9 Å². The lowest BCUT2D eigenvalue weighted by Crippen LogP contribution is -2.33. The predicted molar refractivity (Wildman–Crippen MR) is 123 cm³/mol. The number of benzene rings is 1. The highest BCUT2D eigenvalue weighted by molar-refractivity contribution is 7.90.